The minimum Gasteiger partial charge on any atom is -0.317 e. The Morgan fingerprint density at radius 3 is 2.95 bits per heavy atom. The molecule has 0 aliphatic rings. The Kier molecular flexibility index (Phi) is 3.31. The number of nitrogens with zero attached hydrogens (tertiary/aromatic N) is 2. The van der Waals surface area contributed by atoms with Crippen LogP contribution in [0.3, 0.4) is 0 Å². The van der Waals surface area contributed by atoms with Crippen molar-refractivity contribution in [1.29, 1.82) is 0 Å². The van der Waals surface area contributed by atoms with Crippen LogP contribution >= 0.6 is 11.3 Å². The molecule has 1 N–H and O–H groups in total. The molecule has 21 heavy (non-hydrogen) atoms. The second kappa shape index (κ2) is 5.14. The quantitative estimate of drug-likeness (QED) is 0.791. The van der Waals surface area contributed by atoms with E-state index in [0.717, 1.165) is 15.8 Å². The number of anilines is 1. The lowest BCUT2D eigenvalue weighted by Crippen LogP contribution is -2.24. The normalized spacial score (nSPS) is 10.8. The first-order chi connectivity index (χ1) is 10.0. The zero-order valence-electron chi connectivity index (χ0n) is 11.6. The largest absolute Gasteiger partial charge is 0.317 e. The fourth-order valence-electron chi connectivity index (χ4n) is 2.16. The highest BCUT2D eigenvalue weighted by atomic mass is 32.1. The number of amides is 1. The van der Waals surface area contributed by atoms with E-state index in [1.54, 1.807) is 43.0 Å². The number of carbonyl (C=O) groups is 1. The van der Waals surface area contributed by atoms with E-state index < -0.39 is 0 Å². The van der Waals surface area contributed by atoms with Crippen molar-refractivity contribution in [3.05, 3.63) is 57.5 Å². The van der Waals surface area contributed by atoms with Crippen molar-refractivity contribution in [2.24, 2.45) is 7.05 Å². The molecule has 2 aromatic heterocycles. The fraction of sp³-hybridized carbons (Fsp3) is 0.133. The lowest BCUT2D eigenvalue weighted by atomic mass is 10.2. The average molecular weight is 299 g/mol. The van der Waals surface area contributed by atoms with Gasteiger partial charge in [0.05, 0.1) is 15.7 Å². The molecule has 0 saturated heterocycles. The monoisotopic (exact) mass is 299 g/mol. The number of nitrogens with one attached hydrogen (secondary N) is 1. The van der Waals surface area contributed by atoms with Crippen molar-refractivity contribution in [3.8, 4) is 0 Å². The van der Waals surface area contributed by atoms with Gasteiger partial charge in [0.1, 0.15) is 5.69 Å². The smallest absolute Gasteiger partial charge is 0.274 e. The third-order valence-electron chi connectivity index (χ3n) is 3.16. The standard InChI is InChI=1S/C15H13N3O2S/c1-9-5-12(15(20)18(2)7-9)17-14(19)10-3-4-11-13(6-10)21-8-16-11/h3-8H,1-2H3,(H,17,19). The van der Waals surface area contributed by atoms with E-state index in [9.17, 15) is 9.59 Å². The Labute approximate surface area is 124 Å². The van der Waals surface area contributed by atoms with Crippen molar-refractivity contribution in [2.75, 3.05) is 5.32 Å². The van der Waals surface area contributed by atoms with Gasteiger partial charge in [-0.15, -0.1) is 11.3 Å². The van der Waals surface area contributed by atoms with E-state index in [1.165, 1.54) is 15.9 Å². The van der Waals surface area contributed by atoms with Gasteiger partial charge in [-0.2, -0.15) is 0 Å². The molecule has 0 spiro atoms. The maximum Gasteiger partial charge on any atom is 0.274 e. The minimum absolute atomic E-state index is 0.229. The highest BCUT2D eigenvalue weighted by Crippen LogP contribution is 2.19. The van der Waals surface area contributed by atoms with Crippen LogP contribution in [0.25, 0.3) is 10.2 Å². The summed E-state index contributed by atoms with van der Waals surface area (Å²) in [6, 6.07) is 6.96. The third-order valence-corrected chi connectivity index (χ3v) is 3.95. The molecule has 0 aliphatic heterocycles. The summed E-state index contributed by atoms with van der Waals surface area (Å²) >= 11 is 1.48. The summed E-state index contributed by atoms with van der Waals surface area (Å²) in [5.41, 5.74) is 4.08. The fourth-order valence-corrected chi connectivity index (χ4v) is 2.88. The van der Waals surface area contributed by atoms with Gasteiger partial charge in [0.15, 0.2) is 0 Å². The molecule has 1 amide bonds. The Morgan fingerprint density at radius 1 is 1.33 bits per heavy atom. The summed E-state index contributed by atoms with van der Waals surface area (Å²) in [7, 11) is 1.66. The Bertz CT molecular complexity index is 895. The van der Waals surface area contributed by atoms with Gasteiger partial charge < -0.3 is 9.88 Å². The maximum atomic E-state index is 12.3. The Morgan fingerprint density at radius 2 is 2.14 bits per heavy atom. The van der Waals surface area contributed by atoms with Crippen LogP contribution in [0.1, 0.15) is 15.9 Å². The summed E-state index contributed by atoms with van der Waals surface area (Å²) in [5.74, 6) is -0.298. The molecule has 0 saturated carbocycles. The number of thiazole rings is 1. The van der Waals surface area contributed by atoms with Gasteiger partial charge in [0.2, 0.25) is 0 Å². The van der Waals surface area contributed by atoms with Crippen LogP contribution in [0, 0.1) is 6.92 Å². The van der Waals surface area contributed by atoms with E-state index in [2.05, 4.69) is 10.3 Å². The molecule has 1 aromatic carbocycles. The lowest BCUT2D eigenvalue weighted by molar-refractivity contribution is 0.102. The molecule has 6 heteroatoms. The summed E-state index contributed by atoms with van der Waals surface area (Å²) in [5, 5.41) is 2.68. The topological polar surface area (TPSA) is 64.0 Å². The van der Waals surface area contributed by atoms with Gasteiger partial charge in [-0.1, -0.05) is 0 Å². The molecule has 0 radical (unpaired) electrons. The van der Waals surface area contributed by atoms with Gasteiger partial charge >= 0.3 is 0 Å². The molecule has 2 heterocycles. The first-order valence-electron chi connectivity index (χ1n) is 6.36. The second-order valence-corrected chi connectivity index (χ2v) is 5.72. The minimum atomic E-state index is -0.298. The van der Waals surface area contributed by atoms with E-state index in [1.807, 2.05) is 6.92 Å². The van der Waals surface area contributed by atoms with Crippen molar-refractivity contribution < 1.29 is 4.79 Å². The highest BCUT2D eigenvalue weighted by molar-refractivity contribution is 7.16. The summed E-state index contributed by atoms with van der Waals surface area (Å²) < 4.78 is 2.40. The molecule has 5 nitrogen and oxygen atoms in total. The number of pyridine rings is 1. The second-order valence-electron chi connectivity index (χ2n) is 4.84. The molecule has 106 valence electrons. The summed E-state index contributed by atoms with van der Waals surface area (Å²) in [6.45, 7) is 1.87. The molecular weight excluding hydrogens is 286 g/mol. The van der Waals surface area contributed by atoms with E-state index in [-0.39, 0.29) is 17.2 Å². The number of fused-ring (bicyclic) bond motifs is 1. The van der Waals surface area contributed by atoms with Crippen LogP contribution in [-0.2, 0) is 7.05 Å². The Hall–Kier alpha value is -2.47. The van der Waals surface area contributed by atoms with Gasteiger partial charge in [0, 0.05) is 18.8 Å². The van der Waals surface area contributed by atoms with Crippen molar-refractivity contribution >= 4 is 33.1 Å². The molecule has 0 aliphatic carbocycles. The van der Waals surface area contributed by atoms with E-state index >= 15 is 0 Å². The lowest BCUT2D eigenvalue weighted by Gasteiger charge is -2.07. The first kappa shape index (κ1) is 13.5. The van der Waals surface area contributed by atoms with Gasteiger partial charge in [0.25, 0.3) is 11.5 Å². The van der Waals surface area contributed by atoms with Crippen molar-refractivity contribution in [1.82, 2.24) is 9.55 Å². The molecule has 3 aromatic rings. The molecule has 3 rings (SSSR count). The van der Waals surface area contributed by atoms with Crippen molar-refractivity contribution in [3.63, 3.8) is 0 Å². The first-order valence-corrected chi connectivity index (χ1v) is 7.24. The summed E-state index contributed by atoms with van der Waals surface area (Å²) in [4.78, 5) is 28.5. The zero-order chi connectivity index (χ0) is 15.0. The SMILES string of the molecule is Cc1cc(NC(=O)c2ccc3ncsc3c2)c(=O)n(C)c1. The van der Waals surface area contributed by atoms with Crippen LogP contribution in [0.15, 0.2) is 40.8 Å². The van der Waals surface area contributed by atoms with Crippen LogP contribution in [0.4, 0.5) is 5.69 Å². The third kappa shape index (κ3) is 2.57. The number of hydrogen-bond acceptors (Lipinski definition) is 4. The number of carbonyl (C=O) groups excluding carboxylic acids is 1. The van der Waals surface area contributed by atoms with E-state index in [0.29, 0.717) is 5.56 Å². The number of benzene rings is 1. The molecule has 0 fully saturated rings. The van der Waals surface area contributed by atoms with Gasteiger partial charge in [-0.3, -0.25) is 9.59 Å². The maximum absolute atomic E-state index is 12.3. The van der Waals surface area contributed by atoms with Gasteiger partial charge in [-0.25, -0.2) is 4.98 Å². The molecule has 0 atom stereocenters. The highest BCUT2D eigenvalue weighted by Gasteiger charge is 2.11. The average Bonchev–Trinajstić information content (AvgIpc) is 2.91. The van der Waals surface area contributed by atoms with Gasteiger partial charge in [-0.05, 0) is 36.8 Å². The zero-order valence-corrected chi connectivity index (χ0v) is 12.4. The van der Waals surface area contributed by atoms with E-state index in [4.69, 9.17) is 0 Å². The Balaban J connectivity index is 1.94. The van der Waals surface area contributed by atoms with Crippen LogP contribution in [0.5, 0.6) is 0 Å². The van der Waals surface area contributed by atoms with Crippen LogP contribution in [-0.4, -0.2) is 15.5 Å². The number of hydrogen-bond donors (Lipinski definition) is 1. The van der Waals surface area contributed by atoms with Crippen LogP contribution < -0.4 is 10.9 Å². The molecular formula is C15H13N3O2S. The summed E-state index contributed by atoms with van der Waals surface area (Å²) in [6.07, 6.45) is 1.72. The number of rotatable bonds is 2. The molecule has 0 unspecified atom stereocenters. The number of aromatic nitrogens is 2. The molecule has 0 bridgehead atoms. The van der Waals surface area contributed by atoms with Crippen LogP contribution in [0.2, 0.25) is 0 Å². The van der Waals surface area contributed by atoms with Crippen molar-refractivity contribution in [2.45, 2.75) is 6.92 Å². The predicted molar refractivity (Wildman–Crippen MR) is 84.0 cm³/mol. The predicted octanol–water partition coefficient (Wildman–Crippen LogP) is 2.56. The number of aryl methyl sites for hydroxylation is 2.